The van der Waals surface area contributed by atoms with E-state index in [1.807, 2.05) is 31.2 Å². The van der Waals surface area contributed by atoms with Crippen molar-refractivity contribution in [1.82, 2.24) is 4.41 Å². The van der Waals surface area contributed by atoms with Crippen LogP contribution in [0.3, 0.4) is 0 Å². The minimum absolute atomic E-state index is 0.208. The minimum atomic E-state index is -3.92. The van der Waals surface area contributed by atoms with E-state index in [9.17, 15) is 16.8 Å². The van der Waals surface area contributed by atoms with Crippen molar-refractivity contribution >= 4 is 31.4 Å². The molecule has 9 heteroatoms. The lowest BCUT2D eigenvalue weighted by Gasteiger charge is -2.24. The van der Waals surface area contributed by atoms with Crippen LogP contribution < -0.4 is 4.72 Å². The molecule has 0 bridgehead atoms. The average Bonchev–Trinajstić information content (AvgIpc) is 3.20. The summed E-state index contributed by atoms with van der Waals surface area (Å²) in [4.78, 5) is 0.208. The Morgan fingerprint density at radius 3 is 2.27 bits per heavy atom. The predicted octanol–water partition coefficient (Wildman–Crippen LogP) is 4.21. The average molecular weight is 484 g/mol. The molecule has 4 rings (SSSR count). The molecule has 0 fully saturated rings. The highest BCUT2D eigenvalue weighted by atomic mass is 32.2. The Labute approximate surface area is 194 Å². The molecule has 3 aromatic rings. The largest absolute Gasteiger partial charge is 0.284 e. The van der Waals surface area contributed by atoms with Crippen LogP contribution in [0, 0.1) is 13.8 Å². The number of anilines is 1. The number of rotatable bonds is 6. The van der Waals surface area contributed by atoms with E-state index < -0.39 is 26.1 Å². The van der Waals surface area contributed by atoms with Gasteiger partial charge in [0, 0.05) is 12.1 Å². The van der Waals surface area contributed by atoms with Gasteiger partial charge < -0.3 is 0 Å². The summed E-state index contributed by atoms with van der Waals surface area (Å²) in [7, 11) is -7.37. The van der Waals surface area contributed by atoms with Crippen LogP contribution in [-0.2, 0) is 20.0 Å². The van der Waals surface area contributed by atoms with Crippen molar-refractivity contribution in [2.45, 2.75) is 31.2 Å². The van der Waals surface area contributed by atoms with Gasteiger partial charge in [-0.25, -0.2) is 8.42 Å². The fourth-order valence-electron chi connectivity index (χ4n) is 3.84. The normalized spacial score (nSPS) is 16.5. The molecule has 0 radical (unpaired) electrons. The lowest BCUT2D eigenvalue weighted by molar-refractivity contribution is 0.371. The van der Waals surface area contributed by atoms with Crippen molar-refractivity contribution in [1.29, 1.82) is 0 Å². The maximum atomic E-state index is 13.7. The standard InChI is InChI=1S/C24H25N3O4S2/c1-17-11-13-19(14-12-17)23-16-22(20-8-6-9-21(15-20)26-32(3,28)29)25-27(23)33(30,31)24-10-5-4-7-18(24)2/h4-15,23,26H,16H2,1-3H3/t23-/m1/s1. The lowest BCUT2D eigenvalue weighted by atomic mass is 9.98. The highest BCUT2D eigenvalue weighted by molar-refractivity contribution is 7.92. The van der Waals surface area contributed by atoms with Crippen molar-refractivity contribution in [3.05, 3.63) is 95.1 Å². The second-order valence-corrected chi connectivity index (χ2v) is 11.7. The van der Waals surface area contributed by atoms with Crippen LogP contribution in [0.15, 0.2) is 82.8 Å². The van der Waals surface area contributed by atoms with E-state index in [1.165, 1.54) is 4.41 Å². The first-order chi connectivity index (χ1) is 15.5. The summed E-state index contributed by atoms with van der Waals surface area (Å²) in [5.74, 6) is 0. The molecule has 7 nitrogen and oxygen atoms in total. The number of nitrogens with one attached hydrogen (secondary N) is 1. The van der Waals surface area contributed by atoms with E-state index in [2.05, 4.69) is 9.82 Å². The topological polar surface area (TPSA) is 95.9 Å². The molecule has 33 heavy (non-hydrogen) atoms. The molecule has 3 aromatic carbocycles. The van der Waals surface area contributed by atoms with Gasteiger partial charge in [0.05, 0.1) is 22.9 Å². The highest BCUT2D eigenvalue weighted by Crippen LogP contribution is 2.38. The number of hydrazone groups is 1. The Morgan fingerprint density at radius 1 is 0.909 bits per heavy atom. The van der Waals surface area contributed by atoms with Gasteiger partial charge in [0.15, 0.2) is 0 Å². The summed E-state index contributed by atoms with van der Waals surface area (Å²) in [6, 6.07) is 20.9. The molecule has 0 unspecified atom stereocenters. The van der Waals surface area contributed by atoms with E-state index in [4.69, 9.17) is 0 Å². The number of aryl methyl sites for hydroxylation is 2. The quantitative estimate of drug-likeness (QED) is 0.568. The molecule has 172 valence electrons. The van der Waals surface area contributed by atoms with Crippen LogP contribution in [0.4, 0.5) is 5.69 Å². The van der Waals surface area contributed by atoms with Crippen LogP contribution in [0.25, 0.3) is 0 Å². The van der Waals surface area contributed by atoms with Crippen LogP contribution >= 0.6 is 0 Å². The smallest absolute Gasteiger partial charge is 0.279 e. The van der Waals surface area contributed by atoms with Gasteiger partial charge in [-0.05, 0) is 48.7 Å². The van der Waals surface area contributed by atoms with Crippen LogP contribution in [0.5, 0.6) is 0 Å². The monoisotopic (exact) mass is 483 g/mol. The highest BCUT2D eigenvalue weighted by Gasteiger charge is 2.38. The van der Waals surface area contributed by atoms with E-state index in [0.717, 1.165) is 17.4 Å². The summed E-state index contributed by atoms with van der Waals surface area (Å²) < 4.78 is 54.3. The fraction of sp³-hybridized carbons (Fsp3) is 0.208. The SMILES string of the molecule is Cc1ccc([C@H]2CC(c3cccc(NS(C)(=O)=O)c3)=NN2S(=O)(=O)c2ccccc2C)cc1. The van der Waals surface area contributed by atoms with Crippen molar-refractivity contribution in [2.75, 3.05) is 11.0 Å². The molecule has 1 heterocycles. The van der Waals surface area contributed by atoms with Gasteiger partial charge in [-0.2, -0.15) is 17.9 Å². The third-order valence-electron chi connectivity index (χ3n) is 5.45. The molecular weight excluding hydrogens is 458 g/mol. The third-order valence-corrected chi connectivity index (χ3v) is 7.90. The van der Waals surface area contributed by atoms with Crippen LogP contribution in [0.1, 0.15) is 34.7 Å². The fourth-order valence-corrected chi connectivity index (χ4v) is 6.06. The van der Waals surface area contributed by atoms with Crippen LogP contribution in [-0.4, -0.2) is 33.2 Å². The summed E-state index contributed by atoms with van der Waals surface area (Å²) in [5.41, 5.74) is 4.17. The number of benzene rings is 3. The molecule has 1 aliphatic heterocycles. The Kier molecular flexibility index (Phi) is 6.02. The van der Waals surface area contributed by atoms with Gasteiger partial charge in [-0.3, -0.25) is 4.72 Å². The zero-order chi connectivity index (χ0) is 23.8. The number of sulfonamides is 2. The predicted molar refractivity (Wildman–Crippen MR) is 130 cm³/mol. The van der Waals surface area contributed by atoms with E-state index in [0.29, 0.717) is 28.9 Å². The van der Waals surface area contributed by atoms with E-state index in [1.54, 1.807) is 55.5 Å². The molecule has 0 saturated carbocycles. The second-order valence-electron chi connectivity index (χ2n) is 8.18. The van der Waals surface area contributed by atoms with Gasteiger partial charge in [-0.15, -0.1) is 0 Å². The molecule has 1 atom stereocenters. The molecule has 0 spiro atoms. The summed E-state index contributed by atoms with van der Waals surface area (Å²) >= 11 is 0. The molecule has 1 N–H and O–H groups in total. The van der Waals surface area contributed by atoms with Gasteiger partial charge in [0.25, 0.3) is 10.0 Å². The van der Waals surface area contributed by atoms with Gasteiger partial charge >= 0.3 is 0 Å². The van der Waals surface area contributed by atoms with Gasteiger partial charge in [0.1, 0.15) is 0 Å². The Bertz CT molecular complexity index is 1430. The lowest BCUT2D eigenvalue weighted by Crippen LogP contribution is -2.27. The van der Waals surface area contributed by atoms with E-state index in [-0.39, 0.29) is 4.90 Å². The maximum absolute atomic E-state index is 13.7. The molecule has 0 aliphatic carbocycles. The summed E-state index contributed by atoms with van der Waals surface area (Å²) in [5, 5.41) is 4.55. The van der Waals surface area contributed by atoms with Crippen molar-refractivity contribution in [3.63, 3.8) is 0 Å². The third kappa shape index (κ3) is 4.94. The first-order valence-electron chi connectivity index (χ1n) is 10.4. The molecule has 0 saturated heterocycles. The Morgan fingerprint density at radius 2 is 1.61 bits per heavy atom. The summed E-state index contributed by atoms with van der Waals surface area (Å²) in [6.07, 6.45) is 1.44. The van der Waals surface area contributed by atoms with Crippen LogP contribution in [0.2, 0.25) is 0 Å². The number of hydrogen-bond donors (Lipinski definition) is 1. The second kappa shape index (κ2) is 8.64. The zero-order valence-electron chi connectivity index (χ0n) is 18.6. The number of nitrogens with zero attached hydrogens (tertiary/aromatic N) is 2. The number of hydrogen-bond acceptors (Lipinski definition) is 5. The van der Waals surface area contributed by atoms with Crippen molar-refractivity contribution < 1.29 is 16.8 Å². The van der Waals surface area contributed by atoms with Crippen molar-refractivity contribution in [3.8, 4) is 0 Å². The zero-order valence-corrected chi connectivity index (χ0v) is 20.2. The molecule has 0 amide bonds. The molecule has 0 aromatic heterocycles. The molecular formula is C24H25N3O4S2. The maximum Gasteiger partial charge on any atom is 0.279 e. The first kappa shape index (κ1) is 23.0. The van der Waals surface area contributed by atoms with Gasteiger partial charge in [0.2, 0.25) is 10.0 Å². The first-order valence-corrected chi connectivity index (χ1v) is 13.7. The Balaban J connectivity index is 1.80. The van der Waals surface area contributed by atoms with Crippen molar-refractivity contribution in [2.24, 2.45) is 5.10 Å². The molecule has 1 aliphatic rings. The summed E-state index contributed by atoms with van der Waals surface area (Å²) in [6.45, 7) is 3.73. The Hall–Kier alpha value is -3.17. The van der Waals surface area contributed by atoms with Gasteiger partial charge in [-0.1, -0.05) is 60.2 Å². The minimum Gasteiger partial charge on any atom is -0.284 e. The van der Waals surface area contributed by atoms with E-state index >= 15 is 0 Å².